The van der Waals surface area contributed by atoms with E-state index >= 15 is 0 Å². The van der Waals surface area contributed by atoms with Crippen molar-refractivity contribution in [3.63, 3.8) is 0 Å². The van der Waals surface area contributed by atoms with Crippen LogP contribution < -0.4 is 11.5 Å². The molecule has 6 heteroatoms. The zero-order valence-corrected chi connectivity index (χ0v) is 8.88. The van der Waals surface area contributed by atoms with Crippen molar-refractivity contribution in [3.05, 3.63) is 6.07 Å². The van der Waals surface area contributed by atoms with E-state index in [-0.39, 0.29) is 0 Å². The lowest BCUT2D eigenvalue weighted by molar-refractivity contribution is 0.164. The average Bonchev–Trinajstić information content (AvgIpc) is 2.11. The molecule has 0 saturated heterocycles. The Labute approximate surface area is 87.2 Å². The van der Waals surface area contributed by atoms with Crippen LogP contribution in [0.5, 0.6) is 0 Å². The third-order valence-corrected chi connectivity index (χ3v) is 2.22. The van der Waals surface area contributed by atoms with Gasteiger partial charge in [-0.25, -0.2) is 9.97 Å². The minimum atomic E-state index is 0.399. The van der Waals surface area contributed by atoms with Crippen LogP contribution in [0.3, 0.4) is 0 Å². The summed E-state index contributed by atoms with van der Waals surface area (Å²) in [6, 6.07) is 1.53. The van der Waals surface area contributed by atoms with Crippen molar-refractivity contribution in [2.45, 2.75) is 12.1 Å². The van der Waals surface area contributed by atoms with E-state index in [4.69, 9.17) is 16.2 Å². The molecule has 0 bridgehead atoms. The number of nitrogen functional groups attached to an aromatic ring is 2. The smallest absolute Gasteiger partial charge is 0.191 e. The lowest BCUT2D eigenvalue weighted by Gasteiger charge is -2.02. The highest BCUT2D eigenvalue weighted by atomic mass is 32.2. The number of ether oxygens (including phenoxy) is 1. The van der Waals surface area contributed by atoms with Gasteiger partial charge in [-0.05, 0) is 6.92 Å². The molecule has 1 heterocycles. The monoisotopic (exact) mass is 214 g/mol. The third-order valence-electron chi connectivity index (χ3n) is 1.41. The summed E-state index contributed by atoms with van der Waals surface area (Å²) in [4.78, 5) is 8.05. The number of aromatic nitrogens is 2. The van der Waals surface area contributed by atoms with Crippen molar-refractivity contribution < 1.29 is 4.74 Å². The third kappa shape index (κ3) is 3.80. The van der Waals surface area contributed by atoms with Gasteiger partial charge in [-0.1, -0.05) is 11.8 Å². The summed E-state index contributed by atoms with van der Waals surface area (Å²) in [5, 5.41) is 0.599. The molecular weight excluding hydrogens is 200 g/mol. The Morgan fingerprint density at radius 1 is 1.36 bits per heavy atom. The molecule has 0 amide bonds. The fourth-order valence-corrected chi connectivity index (χ4v) is 1.59. The van der Waals surface area contributed by atoms with Gasteiger partial charge in [-0.3, -0.25) is 0 Å². The van der Waals surface area contributed by atoms with Crippen LogP contribution in [-0.2, 0) is 4.74 Å². The van der Waals surface area contributed by atoms with Crippen LogP contribution in [0, 0.1) is 0 Å². The number of hydrogen-bond donors (Lipinski definition) is 2. The second-order valence-corrected chi connectivity index (χ2v) is 3.61. The molecule has 0 atom stereocenters. The molecule has 0 fully saturated rings. The molecule has 4 N–H and O–H groups in total. The molecular formula is C8H14N4OS. The summed E-state index contributed by atoms with van der Waals surface area (Å²) in [5.74, 6) is 1.60. The van der Waals surface area contributed by atoms with Crippen molar-refractivity contribution in [1.82, 2.24) is 9.97 Å². The maximum Gasteiger partial charge on any atom is 0.191 e. The average molecular weight is 214 g/mol. The number of nitrogens with zero attached hydrogens (tertiary/aromatic N) is 2. The van der Waals surface area contributed by atoms with E-state index in [1.165, 1.54) is 17.8 Å². The predicted molar refractivity (Wildman–Crippen MR) is 58.1 cm³/mol. The molecule has 0 aliphatic rings. The Bertz CT molecular complexity index is 274. The van der Waals surface area contributed by atoms with E-state index in [1.54, 1.807) is 0 Å². The first-order valence-corrected chi connectivity index (χ1v) is 5.31. The molecule has 1 aromatic heterocycles. The zero-order valence-electron chi connectivity index (χ0n) is 8.06. The molecule has 0 unspecified atom stereocenters. The molecule has 78 valence electrons. The highest BCUT2D eigenvalue weighted by molar-refractivity contribution is 7.99. The lowest BCUT2D eigenvalue weighted by atomic mass is 10.5. The zero-order chi connectivity index (χ0) is 10.4. The number of anilines is 2. The van der Waals surface area contributed by atoms with Gasteiger partial charge in [0.25, 0.3) is 0 Å². The Balaban J connectivity index is 2.42. The van der Waals surface area contributed by atoms with Crippen molar-refractivity contribution in [1.29, 1.82) is 0 Å². The summed E-state index contributed by atoms with van der Waals surface area (Å²) in [6.07, 6.45) is 0. The van der Waals surface area contributed by atoms with Crippen molar-refractivity contribution in [2.24, 2.45) is 0 Å². The van der Waals surface area contributed by atoms with Gasteiger partial charge in [-0.2, -0.15) is 0 Å². The standard InChI is InChI=1S/C8H14N4OS/c1-2-13-3-4-14-8-11-6(9)5-7(10)12-8/h5H,2-4H2,1H3,(H4,9,10,11,12). The van der Waals surface area contributed by atoms with Crippen LogP contribution in [0.4, 0.5) is 11.6 Å². The Kier molecular flexibility index (Phi) is 4.48. The van der Waals surface area contributed by atoms with Gasteiger partial charge in [0, 0.05) is 18.4 Å². The first-order valence-electron chi connectivity index (χ1n) is 4.33. The number of rotatable bonds is 5. The van der Waals surface area contributed by atoms with E-state index in [0.29, 0.717) is 23.4 Å². The quantitative estimate of drug-likeness (QED) is 0.427. The van der Waals surface area contributed by atoms with E-state index in [9.17, 15) is 0 Å². The summed E-state index contributed by atoms with van der Waals surface area (Å²) < 4.78 is 5.18. The van der Waals surface area contributed by atoms with Crippen LogP contribution >= 0.6 is 11.8 Å². The summed E-state index contributed by atoms with van der Waals surface area (Å²) in [5.41, 5.74) is 11.0. The SMILES string of the molecule is CCOCCSc1nc(N)cc(N)n1. The maximum absolute atomic E-state index is 5.51. The van der Waals surface area contributed by atoms with Crippen molar-refractivity contribution in [2.75, 3.05) is 30.4 Å². The predicted octanol–water partition coefficient (Wildman–Crippen LogP) is 0.770. The van der Waals surface area contributed by atoms with Crippen molar-refractivity contribution in [3.8, 4) is 0 Å². The largest absolute Gasteiger partial charge is 0.383 e. The van der Waals surface area contributed by atoms with E-state index in [0.717, 1.165) is 12.4 Å². The maximum atomic E-state index is 5.51. The van der Waals surface area contributed by atoms with Gasteiger partial charge in [0.1, 0.15) is 11.6 Å². The lowest BCUT2D eigenvalue weighted by Crippen LogP contribution is -2.01. The molecule has 1 aromatic rings. The minimum absolute atomic E-state index is 0.399. The van der Waals surface area contributed by atoms with Gasteiger partial charge in [-0.15, -0.1) is 0 Å². The first-order chi connectivity index (χ1) is 6.72. The normalized spacial score (nSPS) is 10.4. The molecule has 0 aliphatic heterocycles. The van der Waals surface area contributed by atoms with Gasteiger partial charge < -0.3 is 16.2 Å². The van der Waals surface area contributed by atoms with Crippen LogP contribution in [0.1, 0.15) is 6.92 Å². The van der Waals surface area contributed by atoms with Gasteiger partial charge in [0.05, 0.1) is 6.61 Å². The van der Waals surface area contributed by atoms with E-state index in [2.05, 4.69) is 9.97 Å². The highest BCUT2D eigenvalue weighted by Crippen LogP contribution is 2.15. The Morgan fingerprint density at radius 2 is 2.00 bits per heavy atom. The first kappa shape index (κ1) is 11.1. The summed E-state index contributed by atoms with van der Waals surface area (Å²) >= 11 is 1.48. The fourth-order valence-electron chi connectivity index (χ4n) is 0.863. The van der Waals surface area contributed by atoms with Crippen molar-refractivity contribution >= 4 is 23.4 Å². The fraction of sp³-hybridized carbons (Fsp3) is 0.500. The summed E-state index contributed by atoms with van der Waals surface area (Å²) in [6.45, 7) is 3.36. The summed E-state index contributed by atoms with van der Waals surface area (Å²) in [7, 11) is 0. The number of thioether (sulfide) groups is 1. The molecule has 14 heavy (non-hydrogen) atoms. The van der Waals surface area contributed by atoms with Gasteiger partial charge >= 0.3 is 0 Å². The van der Waals surface area contributed by atoms with E-state index < -0.39 is 0 Å². The minimum Gasteiger partial charge on any atom is -0.383 e. The Morgan fingerprint density at radius 3 is 2.57 bits per heavy atom. The van der Waals surface area contributed by atoms with Crippen LogP contribution in [0.15, 0.2) is 11.2 Å². The Hall–Kier alpha value is -1.01. The second-order valence-electron chi connectivity index (χ2n) is 2.55. The highest BCUT2D eigenvalue weighted by Gasteiger charge is 2.00. The molecule has 0 aliphatic carbocycles. The van der Waals surface area contributed by atoms with E-state index in [1.807, 2.05) is 6.92 Å². The van der Waals surface area contributed by atoms with Gasteiger partial charge in [0.15, 0.2) is 5.16 Å². The van der Waals surface area contributed by atoms with Gasteiger partial charge in [0.2, 0.25) is 0 Å². The number of nitrogens with two attached hydrogens (primary N) is 2. The topological polar surface area (TPSA) is 87.0 Å². The van der Waals surface area contributed by atoms with Crippen LogP contribution in [-0.4, -0.2) is 28.9 Å². The molecule has 1 rings (SSSR count). The molecule has 5 nitrogen and oxygen atoms in total. The molecule has 0 spiro atoms. The molecule has 0 aromatic carbocycles. The van der Waals surface area contributed by atoms with Crippen LogP contribution in [0.25, 0.3) is 0 Å². The number of hydrogen-bond acceptors (Lipinski definition) is 6. The molecule has 0 radical (unpaired) electrons. The molecule has 0 saturated carbocycles. The second kappa shape index (κ2) is 5.66. The van der Waals surface area contributed by atoms with Crippen LogP contribution in [0.2, 0.25) is 0 Å².